The zero-order valence-electron chi connectivity index (χ0n) is 10.3. The Hall–Kier alpha value is -1.23. The van der Waals surface area contributed by atoms with E-state index in [-0.39, 0.29) is 18.7 Å². The highest BCUT2D eigenvalue weighted by Crippen LogP contribution is 2.49. The summed E-state index contributed by atoms with van der Waals surface area (Å²) in [4.78, 5) is 0. The van der Waals surface area contributed by atoms with Gasteiger partial charge in [-0.25, -0.2) is 0 Å². The van der Waals surface area contributed by atoms with Gasteiger partial charge in [0.2, 0.25) is 0 Å². The van der Waals surface area contributed by atoms with E-state index in [0.29, 0.717) is 5.75 Å². The SMILES string of the molecule is CCNC1(C(F)(F)F)c2ccccc2OCC1C. The van der Waals surface area contributed by atoms with Crippen molar-refractivity contribution in [3.8, 4) is 5.75 Å². The van der Waals surface area contributed by atoms with Gasteiger partial charge in [0.1, 0.15) is 11.3 Å². The minimum Gasteiger partial charge on any atom is -0.493 e. The lowest BCUT2D eigenvalue weighted by atomic mass is 9.76. The van der Waals surface area contributed by atoms with Crippen molar-refractivity contribution in [3.05, 3.63) is 29.8 Å². The molecule has 0 saturated carbocycles. The largest absolute Gasteiger partial charge is 0.493 e. The molecule has 0 radical (unpaired) electrons. The molecule has 100 valence electrons. The van der Waals surface area contributed by atoms with Crippen molar-refractivity contribution in [2.45, 2.75) is 25.6 Å². The van der Waals surface area contributed by atoms with E-state index >= 15 is 0 Å². The normalized spacial score (nSPS) is 27.5. The highest BCUT2D eigenvalue weighted by molar-refractivity contribution is 5.43. The Labute approximate surface area is 104 Å². The summed E-state index contributed by atoms with van der Waals surface area (Å²) in [6.45, 7) is 3.55. The predicted molar refractivity (Wildman–Crippen MR) is 62.5 cm³/mol. The Morgan fingerprint density at radius 1 is 1.39 bits per heavy atom. The first-order valence-corrected chi connectivity index (χ1v) is 5.97. The molecular weight excluding hydrogens is 243 g/mol. The van der Waals surface area contributed by atoms with Gasteiger partial charge >= 0.3 is 6.18 Å². The van der Waals surface area contributed by atoms with Crippen LogP contribution in [0.3, 0.4) is 0 Å². The second kappa shape index (κ2) is 4.46. The van der Waals surface area contributed by atoms with Gasteiger partial charge in [0.05, 0.1) is 6.61 Å². The maximum Gasteiger partial charge on any atom is 0.411 e. The second-order valence-electron chi connectivity index (χ2n) is 4.54. The molecule has 2 nitrogen and oxygen atoms in total. The van der Waals surface area contributed by atoms with Gasteiger partial charge < -0.3 is 4.74 Å². The van der Waals surface area contributed by atoms with Crippen LogP contribution in [0.4, 0.5) is 13.2 Å². The third kappa shape index (κ3) is 1.77. The molecule has 1 aliphatic heterocycles. The van der Waals surface area contributed by atoms with Crippen LogP contribution in [0.1, 0.15) is 19.4 Å². The second-order valence-corrected chi connectivity index (χ2v) is 4.54. The Morgan fingerprint density at radius 2 is 2.06 bits per heavy atom. The minimum atomic E-state index is -4.36. The lowest BCUT2D eigenvalue weighted by molar-refractivity contribution is -0.223. The van der Waals surface area contributed by atoms with E-state index in [4.69, 9.17) is 4.74 Å². The molecule has 2 atom stereocenters. The summed E-state index contributed by atoms with van der Waals surface area (Å²) in [5, 5.41) is 2.64. The third-order valence-electron chi connectivity index (χ3n) is 3.44. The Morgan fingerprint density at radius 3 is 2.67 bits per heavy atom. The number of rotatable bonds is 2. The number of nitrogens with one attached hydrogen (secondary N) is 1. The molecule has 1 aromatic carbocycles. The van der Waals surface area contributed by atoms with Crippen LogP contribution in [0.2, 0.25) is 0 Å². The number of para-hydroxylation sites is 1. The first-order chi connectivity index (χ1) is 8.43. The fourth-order valence-corrected chi connectivity index (χ4v) is 2.60. The summed E-state index contributed by atoms with van der Waals surface area (Å²) in [6.07, 6.45) is -4.36. The van der Waals surface area contributed by atoms with Gasteiger partial charge in [-0.05, 0) is 12.6 Å². The lowest BCUT2D eigenvalue weighted by Gasteiger charge is -2.45. The van der Waals surface area contributed by atoms with E-state index in [2.05, 4.69) is 5.32 Å². The van der Waals surface area contributed by atoms with Crippen molar-refractivity contribution < 1.29 is 17.9 Å². The van der Waals surface area contributed by atoms with Gasteiger partial charge in [-0.15, -0.1) is 0 Å². The van der Waals surface area contributed by atoms with Gasteiger partial charge in [-0.1, -0.05) is 32.0 Å². The average Bonchev–Trinajstić information content (AvgIpc) is 2.31. The van der Waals surface area contributed by atoms with Gasteiger partial charge in [0, 0.05) is 11.5 Å². The fourth-order valence-electron chi connectivity index (χ4n) is 2.60. The van der Waals surface area contributed by atoms with Gasteiger partial charge in [0.15, 0.2) is 0 Å². The smallest absolute Gasteiger partial charge is 0.411 e. The van der Waals surface area contributed by atoms with Crippen molar-refractivity contribution in [1.29, 1.82) is 0 Å². The molecule has 0 aliphatic carbocycles. The molecule has 5 heteroatoms. The molecular formula is C13H16F3NO. The van der Waals surface area contributed by atoms with Crippen LogP contribution < -0.4 is 10.1 Å². The maximum absolute atomic E-state index is 13.6. The summed E-state index contributed by atoms with van der Waals surface area (Å²) < 4.78 is 46.2. The number of fused-ring (bicyclic) bond motifs is 1. The number of alkyl halides is 3. The molecule has 1 heterocycles. The molecule has 1 aromatic rings. The van der Waals surface area contributed by atoms with E-state index in [0.717, 1.165) is 0 Å². The number of benzene rings is 1. The van der Waals surface area contributed by atoms with E-state index in [9.17, 15) is 13.2 Å². The van der Waals surface area contributed by atoms with Crippen LogP contribution in [0, 0.1) is 5.92 Å². The monoisotopic (exact) mass is 259 g/mol. The molecule has 2 unspecified atom stereocenters. The molecule has 2 rings (SSSR count). The zero-order chi connectivity index (χ0) is 13.4. The van der Waals surface area contributed by atoms with Crippen LogP contribution >= 0.6 is 0 Å². The van der Waals surface area contributed by atoms with Crippen LogP contribution in [0.25, 0.3) is 0 Å². The van der Waals surface area contributed by atoms with Crippen molar-refractivity contribution in [3.63, 3.8) is 0 Å². The Balaban J connectivity index is 2.63. The molecule has 0 bridgehead atoms. The molecule has 1 aliphatic rings. The summed E-state index contributed by atoms with van der Waals surface area (Å²) in [7, 11) is 0. The summed E-state index contributed by atoms with van der Waals surface area (Å²) in [6, 6.07) is 6.36. The van der Waals surface area contributed by atoms with Crippen LogP contribution in [0.5, 0.6) is 5.75 Å². The number of hydrogen-bond acceptors (Lipinski definition) is 2. The van der Waals surface area contributed by atoms with E-state index in [1.807, 2.05) is 0 Å². The van der Waals surface area contributed by atoms with Gasteiger partial charge in [-0.2, -0.15) is 13.2 Å². The Bertz CT molecular complexity index is 432. The molecule has 18 heavy (non-hydrogen) atoms. The average molecular weight is 259 g/mol. The topological polar surface area (TPSA) is 21.3 Å². The molecule has 0 aromatic heterocycles. The molecule has 0 saturated heterocycles. The summed E-state index contributed by atoms with van der Waals surface area (Å²) in [5.74, 6) is -0.360. The molecule has 0 fully saturated rings. The predicted octanol–water partition coefficient (Wildman–Crippen LogP) is 3.08. The number of hydrogen-bond donors (Lipinski definition) is 1. The number of ether oxygens (including phenoxy) is 1. The van der Waals surface area contributed by atoms with E-state index in [1.165, 1.54) is 6.07 Å². The molecule has 0 spiro atoms. The quantitative estimate of drug-likeness (QED) is 0.881. The zero-order valence-corrected chi connectivity index (χ0v) is 10.3. The van der Waals surface area contributed by atoms with Gasteiger partial charge in [-0.3, -0.25) is 5.32 Å². The van der Waals surface area contributed by atoms with Crippen LogP contribution in [-0.2, 0) is 5.54 Å². The number of halogens is 3. The first kappa shape index (κ1) is 13.2. The van der Waals surface area contributed by atoms with Crippen molar-refractivity contribution in [1.82, 2.24) is 5.32 Å². The maximum atomic E-state index is 13.6. The van der Waals surface area contributed by atoms with Crippen LogP contribution in [0.15, 0.2) is 24.3 Å². The first-order valence-electron chi connectivity index (χ1n) is 5.97. The third-order valence-corrected chi connectivity index (χ3v) is 3.44. The summed E-state index contributed by atoms with van der Waals surface area (Å²) in [5.41, 5.74) is -1.84. The minimum absolute atomic E-state index is 0.0591. The van der Waals surface area contributed by atoms with E-state index < -0.39 is 17.6 Å². The lowest BCUT2D eigenvalue weighted by Crippen LogP contribution is -2.61. The van der Waals surface area contributed by atoms with Gasteiger partial charge in [0.25, 0.3) is 0 Å². The van der Waals surface area contributed by atoms with E-state index in [1.54, 1.807) is 32.0 Å². The molecule has 0 amide bonds. The van der Waals surface area contributed by atoms with Crippen LogP contribution in [-0.4, -0.2) is 19.3 Å². The highest BCUT2D eigenvalue weighted by Gasteiger charge is 2.61. The molecule has 1 N–H and O–H groups in total. The van der Waals surface area contributed by atoms with Crippen molar-refractivity contribution in [2.24, 2.45) is 5.92 Å². The Kier molecular flexibility index (Phi) is 3.27. The fraction of sp³-hybridized carbons (Fsp3) is 0.538. The highest BCUT2D eigenvalue weighted by atomic mass is 19.4. The summed E-state index contributed by atoms with van der Waals surface area (Å²) >= 11 is 0. The standard InChI is InChI=1S/C13H16F3NO/c1-3-17-12(13(14,15)16)9(2)8-18-11-7-5-4-6-10(11)12/h4-7,9,17H,3,8H2,1-2H3. The van der Waals surface area contributed by atoms with Crippen molar-refractivity contribution >= 4 is 0 Å². The van der Waals surface area contributed by atoms with Crippen molar-refractivity contribution in [2.75, 3.05) is 13.2 Å².